The Hall–Kier alpha value is -3.43. The number of halogens is 3. The van der Waals surface area contributed by atoms with Gasteiger partial charge in [0.15, 0.2) is 0 Å². The number of methoxy groups -OCH3 is 2. The summed E-state index contributed by atoms with van der Waals surface area (Å²) in [5, 5.41) is 18.0. The fourth-order valence-corrected chi connectivity index (χ4v) is 3.60. The largest absolute Gasteiger partial charge is 0.507 e. The lowest BCUT2D eigenvalue weighted by Crippen LogP contribution is -2.25. The van der Waals surface area contributed by atoms with Gasteiger partial charge in [0.25, 0.3) is 0 Å². The van der Waals surface area contributed by atoms with E-state index in [0.29, 0.717) is 42.9 Å². The maximum atomic E-state index is 13.1. The second kappa shape index (κ2) is 12.3. The second-order valence-corrected chi connectivity index (χ2v) is 7.87. The van der Waals surface area contributed by atoms with E-state index in [-0.39, 0.29) is 18.6 Å². The number of anilines is 1. The van der Waals surface area contributed by atoms with Gasteiger partial charge in [0.05, 0.1) is 20.8 Å². The number of carbonyl (C=O) groups is 1. The van der Waals surface area contributed by atoms with Crippen LogP contribution in [-0.2, 0) is 9.47 Å². The van der Waals surface area contributed by atoms with Crippen molar-refractivity contribution >= 4 is 17.4 Å². The van der Waals surface area contributed by atoms with Crippen molar-refractivity contribution in [2.75, 3.05) is 39.3 Å². The van der Waals surface area contributed by atoms with Gasteiger partial charge in [-0.1, -0.05) is 19.4 Å². The van der Waals surface area contributed by atoms with E-state index in [2.05, 4.69) is 0 Å². The van der Waals surface area contributed by atoms with Gasteiger partial charge in [0.2, 0.25) is 0 Å². The smallest absolute Gasteiger partial charge is 0.433 e. The van der Waals surface area contributed by atoms with Crippen molar-refractivity contribution in [2.24, 2.45) is 0 Å². The van der Waals surface area contributed by atoms with Crippen LogP contribution in [0.4, 0.5) is 18.9 Å². The molecule has 0 atom stereocenters. The normalized spacial score (nSPS) is 14.0. The molecule has 10 heteroatoms. The topological polar surface area (TPSA) is 92.1 Å². The first-order chi connectivity index (χ1) is 16.5. The lowest BCUT2D eigenvalue weighted by molar-refractivity contribution is -0.0591. The molecule has 1 aliphatic carbocycles. The van der Waals surface area contributed by atoms with Crippen molar-refractivity contribution in [3.63, 3.8) is 0 Å². The predicted molar refractivity (Wildman–Crippen MR) is 127 cm³/mol. The van der Waals surface area contributed by atoms with E-state index < -0.39 is 29.2 Å². The zero-order valence-corrected chi connectivity index (χ0v) is 20.3. The average molecular weight is 497 g/mol. The summed E-state index contributed by atoms with van der Waals surface area (Å²) >= 11 is 0. The monoisotopic (exact) mass is 496 g/mol. The molecule has 0 radical (unpaired) electrons. The molecule has 192 valence electrons. The minimum Gasteiger partial charge on any atom is -0.507 e. The van der Waals surface area contributed by atoms with Crippen LogP contribution in [-0.4, -0.2) is 57.4 Å². The third kappa shape index (κ3) is 7.03. The minimum absolute atomic E-state index is 0.104. The van der Waals surface area contributed by atoms with Crippen LogP contribution in [0.3, 0.4) is 0 Å². The Morgan fingerprint density at radius 3 is 2.54 bits per heavy atom. The lowest BCUT2D eigenvalue weighted by Gasteiger charge is -2.21. The number of nitrogens with zero attached hydrogens (tertiary/aromatic N) is 1. The molecule has 1 aromatic rings. The van der Waals surface area contributed by atoms with E-state index in [1.165, 1.54) is 20.3 Å². The summed E-state index contributed by atoms with van der Waals surface area (Å²) < 4.78 is 55.1. The van der Waals surface area contributed by atoms with Gasteiger partial charge in [-0.25, -0.2) is 4.79 Å². The number of rotatable bonds is 11. The highest BCUT2D eigenvalue weighted by atomic mass is 19.4. The molecule has 0 spiro atoms. The Labute approximate surface area is 203 Å². The molecule has 0 fully saturated rings. The molecule has 0 amide bonds. The number of hydrogen-bond donors (Lipinski definition) is 2. The number of esters is 1. The Bertz CT molecular complexity index is 1030. The Kier molecular flexibility index (Phi) is 9.79. The van der Waals surface area contributed by atoms with Crippen molar-refractivity contribution in [3.05, 3.63) is 58.6 Å². The molecule has 0 saturated carbocycles. The number of alkyl halides is 3. The molecule has 0 aliphatic heterocycles. The van der Waals surface area contributed by atoms with E-state index in [1.54, 1.807) is 24.3 Å². The summed E-state index contributed by atoms with van der Waals surface area (Å²) in [6.07, 6.45) is -0.468. The molecular weight excluding hydrogens is 465 g/mol. The fourth-order valence-electron chi connectivity index (χ4n) is 3.60. The molecule has 0 aromatic heterocycles. The van der Waals surface area contributed by atoms with Crippen molar-refractivity contribution in [3.8, 4) is 5.75 Å². The average Bonchev–Trinajstić information content (AvgIpc) is 2.98. The van der Waals surface area contributed by atoms with Crippen molar-refractivity contribution < 1.29 is 37.3 Å². The maximum Gasteiger partial charge on any atom is 0.433 e. The van der Waals surface area contributed by atoms with Gasteiger partial charge in [0, 0.05) is 36.5 Å². The first-order valence-corrected chi connectivity index (χ1v) is 11.1. The standard InChI is InChI=1S/C25H31F3N2O5/c1-5-8-17-20(10-6-9-19(22(17)31)23(29)25(26,27)28)35-14-7-13-30(2)16-11-12-18(24(32)34-4)21(15-16)33-3/h9-12,15,29,31H,5-8,13-14H2,1-4H3. The van der Waals surface area contributed by atoms with Crippen LogP contribution in [0.1, 0.15) is 43.0 Å². The van der Waals surface area contributed by atoms with Crippen molar-refractivity contribution in [1.82, 2.24) is 0 Å². The summed E-state index contributed by atoms with van der Waals surface area (Å²) in [6.45, 7) is 2.69. The van der Waals surface area contributed by atoms with Crippen LogP contribution in [0.15, 0.2) is 53.0 Å². The molecule has 0 unspecified atom stereocenters. The van der Waals surface area contributed by atoms with Crippen LogP contribution in [0, 0.1) is 5.41 Å². The van der Waals surface area contributed by atoms with Gasteiger partial charge >= 0.3 is 12.1 Å². The van der Waals surface area contributed by atoms with E-state index in [9.17, 15) is 23.1 Å². The second-order valence-electron chi connectivity index (χ2n) is 7.87. The van der Waals surface area contributed by atoms with Gasteiger partial charge < -0.3 is 24.2 Å². The number of allylic oxidation sites excluding steroid dienone is 4. The highest BCUT2D eigenvalue weighted by Gasteiger charge is 2.39. The van der Waals surface area contributed by atoms with Gasteiger partial charge in [-0.05, 0) is 37.5 Å². The Morgan fingerprint density at radius 2 is 1.94 bits per heavy atom. The molecule has 0 saturated heterocycles. The molecule has 0 heterocycles. The van der Waals surface area contributed by atoms with Gasteiger partial charge in [-0.15, -0.1) is 0 Å². The van der Waals surface area contributed by atoms with E-state index in [1.807, 2.05) is 18.9 Å². The van der Waals surface area contributed by atoms with Gasteiger partial charge in [-0.2, -0.15) is 13.2 Å². The molecule has 1 aromatic carbocycles. The molecule has 1 aliphatic rings. The van der Waals surface area contributed by atoms with E-state index in [0.717, 1.165) is 5.69 Å². The summed E-state index contributed by atoms with van der Waals surface area (Å²) in [5.41, 5.74) is -0.709. The van der Waals surface area contributed by atoms with Gasteiger partial charge in [0.1, 0.15) is 28.5 Å². The van der Waals surface area contributed by atoms with Crippen LogP contribution in [0.5, 0.6) is 5.75 Å². The number of nitrogens with one attached hydrogen (secondary N) is 1. The summed E-state index contributed by atoms with van der Waals surface area (Å²) in [6, 6.07) is 5.12. The number of benzene rings is 1. The number of ether oxygens (including phenoxy) is 3. The highest BCUT2D eigenvalue weighted by Crippen LogP contribution is 2.32. The molecular formula is C25H31F3N2O5. The summed E-state index contributed by atoms with van der Waals surface area (Å²) in [7, 11) is 4.63. The number of aliphatic hydroxyl groups excluding tert-OH is 1. The van der Waals surface area contributed by atoms with Crippen molar-refractivity contribution in [1.29, 1.82) is 5.41 Å². The SMILES string of the molecule is CCCC1=C(O)C(C(=N)C(F)(F)F)=CCC=C1OCCCN(C)c1ccc(C(=O)OC)c(OC)c1. The van der Waals surface area contributed by atoms with E-state index >= 15 is 0 Å². The fraction of sp³-hybridized carbons (Fsp3) is 0.440. The molecule has 35 heavy (non-hydrogen) atoms. The number of carbonyl (C=O) groups excluding carboxylic acids is 1. The molecule has 0 bridgehead atoms. The third-order valence-corrected chi connectivity index (χ3v) is 5.44. The third-order valence-electron chi connectivity index (χ3n) is 5.44. The van der Waals surface area contributed by atoms with Crippen molar-refractivity contribution in [2.45, 2.75) is 38.8 Å². The quantitative estimate of drug-likeness (QED) is 0.231. The summed E-state index contributed by atoms with van der Waals surface area (Å²) in [5.74, 6) is -0.341. The van der Waals surface area contributed by atoms with E-state index in [4.69, 9.17) is 19.6 Å². The van der Waals surface area contributed by atoms with Crippen LogP contribution in [0.25, 0.3) is 0 Å². The van der Waals surface area contributed by atoms with Crippen LogP contribution in [0.2, 0.25) is 0 Å². The zero-order chi connectivity index (χ0) is 26.2. The zero-order valence-electron chi connectivity index (χ0n) is 20.3. The number of hydrogen-bond acceptors (Lipinski definition) is 7. The van der Waals surface area contributed by atoms with Crippen LogP contribution >= 0.6 is 0 Å². The first-order valence-electron chi connectivity index (χ1n) is 11.1. The Balaban J connectivity index is 2.05. The summed E-state index contributed by atoms with van der Waals surface area (Å²) in [4.78, 5) is 13.8. The van der Waals surface area contributed by atoms with Crippen LogP contribution < -0.4 is 9.64 Å². The molecule has 2 rings (SSSR count). The lowest BCUT2D eigenvalue weighted by atomic mass is 10.0. The maximum absolute atomic E-state index is 13.1. The first kappa shape index (κ1) is 27.8. The minimum atomic E-state index is -4.86. The van der Waals surface area contributed by atoms with Gasteiger partial charge in [-0.3, -0.25) is 5.41 Å². The highest BCUT2D eigenvalue weighted by molar-refractivity contribution is 6.05. The Morgan fingerprint density at radius 1 is 1.23 bits per heavy atom. The molecule has 7 nitrogen and oxygen atoms in total. The molecule has 2 N–H and O–H groups in total. The number of aliphatic hydroxyl groups is 1. The predicted octanol–water partition coefficient (Wildman–Crippen LogP) is 5.73.